The van der Waals surface area contributed by atoms with Crippen LogP contribution in [-0.2, 0) is 27.3 Å². The van der Waals surface area contributed by atoms with Gasteiger partial charge in [0.25, 0.3) is 5.91 Å². The van der Waals surface area contributed by atoms with Crippen LogP contribution in [0.25, 0.3) is 11.4 Å². The molecule has 4 rings (SSSR count). The number of ether oxygens (including phenoxy) is 1. The molecule has 0 spiro atoms. The third kappa shape index (κ3) is 3.75. The highest BCUT2D eigenvalue weighted by atomic mass is 16.5. The zero-order valence-corrected chi connectivity index (χ0v) is 15.4. The van der Waals surface area contributed by atoms with Gasteiger partial charge < -0.3 is 9.64 Å². The number of amides is 1. The Bertz CT molecular complexity index is 1010. The van der Waals surface area contributed by atoms with Gasteiger partial charge in [-0.25, -0.2) is 4.79 Å². The Morgan fingerprint density at radius 1 is 1.11 bits per heavy atom. The molecule has 1 aromatic heterocycles. The number of aryl methyl sites for hydroxylation is 1. The lowest BCUT2D eigenvalue weighted by molar-refractivity contribution is -0.148. The molecule has 8 heteroatoms. The maximum absolute atomic E-state index is 12.4. The van der Waals surface area contributed by atoms with Crippen LogP contribution in [0.2, 0.25) is 0 Å². The third-order valence-electron chi connectivity index (χ3n) is 4.58. The summed E-state index contributed by atoms with van der Waals surface area (Å²) in [4.78, 5) is 27.2. The Morgan fingerprint density at radius 2 is 1.89 bits per heavy atom. The van der Waals surface area contributed by atoms with Crippen molar-refractivity contribution in [1.82, 2.24) is 20.2 Å². The standard InChI is InChI=1S/C20H19N5O3/c1-14-6-8-16(9-7-14)20-21-23-25(22-20)12-19(27)28-13-18(26)24-11-10-15-4-2-3-5-17(15)24/h2-9H,10-13H2,1H3. The smallest absolute Gasteiger partial charge is 0.330 e. The molecule has 0 unspecified atom stereocenters. The van der Waals surface area contributed by atoms with Gasteiger partial charge in [-0.15, -0.1) is 10.2 Å². The van der Waals surface area contributed by atoms with Crippen LogP contribution in [0.4, 0.5) is 5.69 Å². The molecule has 0 aliphatic carbocycles. The number of nitrogens with zero attached hydrogens (tertiary/aromatic N) is 5. The fourth-order valence-electron chi connectivity index (χ4n) is 3.11. The minimum atomic E-state index is -0.589. The number of carbonyl (C=O) groups excluding carboxylic acids is 2. The minimum Gasteiger partial charge on any atom is -0.454 e. The molecular formula is C20H19N5O3. The monoisotopic (exact) mass is 377 g/mol. The number of rotatable bonds is 5. The molecule has 142 valence electrons. The van der Waals surface area contributed by atoms with Crippen LogP contribution in [0, 0.1) is 6.92 Å². The number of hydrogen-bond acceptors (Lipinski definition) is 6. The summed E-state index contributed by atoms with van der Waals surface area (Å²) >= 11 is 0. The lowest BCUT2D eigenvalue weighted by Gasteiger charge is -2.17. The van der Waals surface area contributed by atoms with E-state index in [1.165, 1.54) is 0 Å². The Balaban J connectivity index is 1.32. The molecule has 28 heavy (non-hydrogen) atoms. The average molecular weight is 377 g/mol. The molecule has 1 aliphatic heterocycles. The van der Waals surface area contributed by atoms with Crippen molar-refractivity contribution in [2.45, 2.75) is 19.9 Å². The molecule has 0 atom stereocenters. The first-order valence-electron chi connectivity index (χ1n) is 8.99. The fourth-order valence-corrected chi connectivity index (χ4v) is 3.11. The molecular weight excluding hydrogens is 358 g/mol. The van der Waals surface area contributed by atoms with Crippen molar-refractivity contribution >= 4 is 17.6 Å². The quantitative estimate of drug-likeness (QED) is 0.630. The topological polar surface area (TPSA) is 90.2 Å². The number of benzene rings is 2. The van der Waals surface area contributed by atoms with Gasteiger partial charge in [0.1, 0.15) is 0 Å². The molecule has 0 bridgehead atoms. The summed E-state index contributed by atoms with van der Waals surface area (Å²) in [7, 11) is 0. The number of aromatic nitrogens is 4. The van der Waals surface area contributed by atoms with Crippen molar-refractivity contribution in [2.24, 2.45) is 0 Å². The van der Waals surface area contributed by atoms with Gasteiger partial charge in [-0.05, 0) is 30.2 Å². The van der Waals surface area contributed by atoms with Gasteiger partial charge in [-0.2, -0.15) is 4.80 Å². The van der Waals surface area contributed by atoms with E-state index in [4.69, 9.17) is 4.74 Å². The second-order valence-corrected chi connectivity index (χ2v) is 6.59. The van der Waals surface area contributed by atoms with Gasteiger partial charge >= 0.3 is 5.97 Å². The lowest BCUT2D eigenvalue weighted by Crippen LogP contribution is -2.33. The number of tetrazole rings is 1. The number of hydrogen-bond donors (Lipinski definition) is 0. The van der Waals surface area contributed by atoms with E-state index >= 15 is 0 Å². The van der Waals surface area contributed by atoms with Crippen molar-refractivity contribution in [2.75, 3.05) is 18.1 Å². The summed E-state index contributed by atoms with van der Waals surface area (Å²) < 4.78 is 5.11. The second-order valence-electron chi connectivity index (χ2n) is 6.59. The van der Waals surface area contributed by atoms with Gasteiger partial charge in [0.05, 0.1) is 0 Å². The summed E-state index contributed by atoms with van der Waals surface area (Å²) in [5.41, 5.74) is 3.94. The highest BCUT2D eigenvalue weighted by Gasteiger charge is 2.25. The molecule has 1 aliphatic rings. The van der Waals surface area contributed by atoms with Gasteiger partial charge in [-0.1, -0.05) is 48.0 Å². The number of esters is 1. The van der Waals surface area contributed by atoms with E-state index in [2.05, 4.69) is 15.4 Å². The average Bonchev–Trinajstić information content (AvgIpc) is 3.34. The van der Waals surface area contributed by atoms with Crippen molar-refractivity contribution < 1.29 is 14.3 Å². The first-order valence-corrected chi connectivity index (χ1v) is 8.99. The third-order valence-corrected chi connectivity index (χ3v) is 4.58. The van der Waals surface area contributed by atoms with Crippen LogP contribution < -0.4 is 4.90 Å². The minimum absolute atomic E-state index is 0.206. The molecule has 0 N–H and O–H groups in total. The van der Waals surface area contributed by atoms with E-state index < -0.39 is 5.97 Å². The first kappa shape index (κ1) is 17.8. The molecule has 0 radical (unpaired) electrons. The molecule has 8 nitrogen and oxygen atoms in total. The van der Waals surface area contributed by atoms with Crippen molar-refractivity contribution in [3.8, 4) is 11.4 Å². The van der Waals surface area contributed by atoms with Crippen LogP contribution in [0.5, 0.6) is 0 Å². The van der Waals surface area contributed by atoms with E-state index in [1.54, 1.807) is 4.90 Å². The van der Waals surface area contributed by atoms with Crippen LogP contribution in [0.15, 0.2) is 48.5 Å². The van der Waals surface area contributed by atoms with Crippen molar-refractivity contribution in [3.05, 3.63) is 59.7 Å². The van der Waals surface area contributed by atoms with E-state index in [-0.39, 0.29) is 19.1 Å². The number of fused-ring (bicyclic) bond motifs is 1. The molecule has 2 aromatic carbocycles. The van der Waals surface area contributed by atoms with Crippen LogP contribution in [0.3, 0.4) is 0 Å². The van der Waals surface area contributed by atoms with Crippen molar-refractivity contribution in [3.63, 3.8) is 0 Å². The Morgan fingerprint density at radius 3 is 2.71 bits per heavy atom. The van der Waals surface area contributed by atoms with E-state index in [0.717, 1.165) is 33.6 Å². The van der Waals surface area contributed by atoms with Gasteiger partial charge in [0.2, 0.25) is 5.82 Å². The molecule has 0 fully saturated rings. The Labute approximate surface area is 161 Å². The summed E-state index contributed by atoms with van der Waals surface area (Å²) in [6.45, 7) is 2.07. The first-order chi connectivity index (χ1) is 13.6. The number of anilines is 1. The number of carbonyl (C=O) groups is 2. The highest BCUT2D eigenvalue weighted by Crippen LogP contribution is 2.27. The van der Waals surface area contributed by atoms with E-state index in [1.807, 2.05) is 55.5 Å². The fraction of sp³-hybridized carbons (Fsp3) is 0.250. The normalized spacial score (nSPS) is 12.7. The van der Waals surface area contributed by atoms with Crippen molar-refractivity contribution in [1.29, 1.82) is 0 Å². The summed E-state index contributed by atoms with van der Waals surface area (Å²) in [6.07, 6.45) is 0.806. The second kappa shape index (κ2) is 7.59. The highest BCUT2D eigenvalue weighted by molar-refractivity contribution is 5.97. The van der Waals surface area contributed by atoms with Crippen LogP contribution in [-0.4, -0.2) is 45.2 Å². The van der Waals surface area contributed by atoms with Gasteiger partial charge in [0, 0.05) is 17.8 Å². The SMILES string of the molecule is Cc1ccc(-c2nnn(CC(=O)OCC(=O)N3CCc4ccccc43)n2)cc1. The molecule has 0 saturated carbocycles. The summed E-state index contributed by atoms with van der Waals surface area (Å²) in [5, 5.41) is 12.0. The summed E-state index contributed by atoms with van der Waals surface area (Å²) in [6, 6.07) is 15.4. The molecule has 3 aromatic rings. The Hall–Kier alpha value is -3.55. The maximum atomic E-state index is 12.4. The van der Waals surface area contributed by atoms with Crippen LogP contribution >= 0.6 is 0 Å². The molecule has 2 heterocycles. The number of para-hydroxylation sites is 1. The Kier molecular flexibility index (Phi) is 4.84. The van der Waals surface area contributed by atoms with Gasteiger partial charge in [-0.3, -0.25) is 4.79 Å². The zero-order chi connectivity index (χ0) is 19.5. The van der Waals surface area contributed by atoms with E-state index in [9.17, 15) is 9.59 Å². The predicted molar refractivity (Wildman–Crippen MR) is 101 cm³/mol. The zero-order valence-electron chi connectivity index (χ0n) is 15.4. The molecule has 0 saturated heterocycles. The molecule has 1 amide bonds. The largest absolute Gasteiger partial charge is 0.454 e. The summed E-state index contributed by atoms with van der Waals surface area (Å²) in [5.74, 6) is -0.406. The maximum Gasteiger partial charge on any atom is 0.330 e. The van der Waals surface area contributed by atoms with Gasteiger partial charge in [0.15, 0.2) is 13.2 Å². The van der Waals surface area contributed by atoms with E-state index in [0.29, 0.717) is 12.4 Å². The lowest BCUT2D eigenvalue weighted by atomic mass is 10.1. The van der Waals surface area contributed by atoms with Crippen LogP contribution in [0.1, 0.15) is 11.1 Å². The predicted octanol–water partition coefficient (Wildman–Crippen LogP) is 1.78.